The zero-order valence-corrected chi connectivity index (χ0v) is 12.5. The second kappa shape index (κ2) is 7.07. The molecule has 18 heavy (non-hydrogen) atoms. The molecular formula is C12H14BrClFNO2. The molecule has 0 aliphatic carbocycles. The summed E-state index contributed by atoms with van der Waals surface area (Å²) in [5.74, 6) is -1.09. The molecule has 1 aromatic carbocycles. The van der Waals surface area contributed by atoms with Crippen molar-refractivity contribution in [2.24, 2.45) is 0 Å². The number of rotatable bonds is 5. The van der Waals surface area contributed by atoms with Crippen LogP contribution in [0.15, 0.2) is 18.2 Å². The van der Waals surface area contributed by atoms with Gasteiger partial charge in [-0.15, -0.1) is 0 Å². The first-order valence-electron chi connectivity index (χ1n) is 5.29. The minimum absolute atomic E-state index is 0.00121. The van der Waals surface area contributed by atoms with E-state index in [9.17, 15) is 9.18 Å². The van der Waals surface area contributed by atoms with Crippen LogP contribution in [0.4, 0.5) is 4.39 Å². The van der Waals surface area contributed by atoms with E-state index in [0.29, 0.717) is 13.2 Å². The lowest BCUT2D eigenvalue weighted by atomic mass is 10.2. The van der Waals surface area contributed by atoms with Crippen LogP contribution < -0.4 is 0 Å². The highest BCUT2D eigenvalue weighted by Gasteiger charge is 2.19. The van der Waals surface area contributed by atoms with Crippen LogP contribution in [0.2, 0.25) is 5.02 Å². The number of halogens is 3. The summed E-state index contributed by atoms with van der Waals surface area (Å²) in [4.78, 5) is 13.4. The highest BCUT2D eigenvalue weighted by molar-refractivity contribution is 9.09. The Morgan fingerprint density at radius 2 is 2.28 bits per heavy atom. The number of alkyl halides is 1. The summed E-state index contributed by atoms with van der Waals surface area (Å²) in [7, 11) is 3.18. The Morgan fingerprint density at radius 3 is 2.89 bits per heavy atom. The van der Waals surface area contributed by atoms with Crippen LogP contribution in [-0.2, 0) is 4.74 Å². The van der Waals surface area contributed by atoms with Gasteiger partial charge in [-0.3, -0.25) is 4.79 Å². The Bertz CT molecular complexity index is 431. The highest BCUT2D eigenvalue weighted by atomic mass is 79.9. The number of benzene rings is 1. The van der Waals surface area contributed by atoms with Gasteiger partial charge in [0, 0.05) is 20.7 Å². The number of methoxy groups -OCH3 is 1. The van der Waals surface area contributed by atoms with Crippen molar-refractivity contribution in [3.63, 3.8) is 0 Å². The molecule has 0 saturated carbocycles. The minimum atomic E-state index is -0.686. The van der Waals surface area contributed by atoms with E-state index >= 15 is 0 Å². The second-order valence-corrected chi connectivity index (χ2v) is 5.54. The van der Waals surface area contributed by atoms with E-state index in [1.54, 1.807) is 20.2 Å². The van der Waals surface area contributed by atoms with Crippen LogP contribution in [0.1, 0.15) is 10.4 Å². The molecule has 0 radical (unpaired) electrons. The van der Waals surface area contributed by atoms with Gasteiger partial charge in [-0.25, -0.2) is 4.39 Å². The summed E-state index contributed by atoms with van der Waals surface area (Å²) < 4.78 is 18.6. The normalized spacial score (nSPS) is 12.3. The fourth-order valence-corrected chi connectivity index (χ4v) is 2.36. The Labute approximate surface area is 119 Å². The number of hydrogen-bond acceptors (Lipinski definition) is 2. The molecule has 1 unspecified atom stereocenters. The standard InChI is InChI=1S/C12H14BrClFNO2/c1-16(6-8(13)7-18-2)12(17)9-4-3-5-10(14)11(9)15/h3-5,8H,6-7H2,1-2H3. The average molecular weight is 339 g/mol. The highest BCUT2D eigenvalue weighted by Crippen LogP contribution is 2.19. The van der Waals surface area contributed by atoms with Crippen LogP contribution in [0.25, 0.3) is 0 Å². The molecule has 0 N–H and O–H groups in total. The summed E-state index contributed by atoms with van der Waals surface area (Å²) in [5, 5.41) is -0.0541. The van der Waals surface area contributed by atoms with Gasteiger partial charge >= 0.3 is 0 Å². The third-order valence-electron chi connectivity index (χ3n) is 2.35. The maximum Gasteiger partial charge on any atom is 0.256 e. The first-order chi connectivity index (χ1) is 8.47. The summed E-state index contributed by atoms with van der Waals surface area (Å²) in [6.07, 6.45) is 0. The topological polar surface area (TPSA) is 29.5 Å². The van der Waals surface area contributed by atoms with Crippen molar-refractivity contribution >= 4 is 33.4 Å². The van der Waals surface area contributed by atoms with Crippen molar-refractivity contribution in [1.82, 2.24) is 4.90 Å². The average Bonchev–Trinajstić information content (AvgIpc) is 2.32. The molecule has 100 valence electrons. The molecule has 6 heteroatoms. The summed E-state index contributed by atoms with van der Waals surface area (Å²) in [6, 6.07) is 4.37. The molecule has 0 bridgehead atoms. The quantitative estimate of drug-likeness (QED) is 0.773. The smallest absolute Gasteiger partial charge is 0.256 e. The molecule has 0 fully saturated rings. The van der Waals surface area contributed by atoms with E-state index in [1.165, 1.54) is 17.0 Å². The van der Waals surface area contributed by atoms with Crippen molar-refractivity contribution in [3.05, 3.63) is 34.6 Å². The third kappa shape index (κ3) is 3.93. The van der Waals surface area contributed by atoms with Gasteiger partial charge in [-0.05, 0) is 12.1 Å². The van der Waals surface area contributed by atoms with E-state index in [1.807, 2.05) is 0 Å². The molecular weight excluding hydrogens is 324 g/mol. The zero-order chi connectivity index (χ0) is 13.7. The maximum absolute atomic E-state index is 13.7. The lowest BCUT2D eigenvalue weighted by Gasteiger charge is -2.20. The molecule has 1 atom stereocenters. The Hall–Kier alpha value is -0.650. The number of ether oxygens (including phenoxy) is 1. The SMILES string of the molecule is COCC(Br)CN(C)C(=O)c1cccc(Cl)c1F. The van der Waals surface area contributed by atoms with E-state index in [2.05, 4.69) is 15.9 Å². The van der Waals surface area contributed by atoms with Gasteiger partial charge in [0.1, 0.15) is 0 Å². The molecule has 3 nitrogen and oxygen atoms in total. The lowest BCUT2D eigenvalue weighted by molar-refractivity contribution is 0.0779. The van der Waals surface area contributed by atoms with Gasteiger partial charge in [0.15, 0.2) is 5.82 Å². The Kier molecular flexibility index (Phi) is 6.05. The second-order valence-electron chi connectivity index (χ2n) is 3.84. The van der Waals surface area contributed by atoms with E-state index in [0.717, 1.165) is 0 Å². The van der Waals surface area contributed by atoms with Crippen LogP contribution in [0, 0.1) is 5.82 Å². The van der Waals surface area contributed by atoms with Crippen LogP contribution >= 0.6 is 27.5 Å². The Balaban J connectivity index is 2.77. The largest absolute Gasteiger partial charge is 0.383 e. The number of carbonyl (C=O) groups excluding carboxylic acids is 1. The molecule has 0 aliphatic rings. The summed E-state index contributed by atoms with van der Waals surface area (Å²) >= 11 is 9.02. The number of hydrogen-bond donors (Lipinski definition) is 0. The van der Waals surface area contributed by atoms with Crippen molar-refractivity contribution in [1.29, 1.82) is 0 Å². The lowest BCUT2D eigenvalue weighted by Crippen LogP contribution is -2.34. The fraction of sp³-hybridized carbons (Fsp3) is 0.417. The van der Waals surface area contributed by atoms with Crippen LogP contribution in [0.5, 0.6) is 0 Å². The molecule has 1 aromatic rings. The number of nitrogens with zero attached hydrogens (tertiary/aromatic N) is 1. The van der Waals surface area contributed by atoms with Crippen LogP contribution in [0.3, 0.4) is 0 Å². The molecule has 0 heterocycles. The van der Waals surface area contributed by atoms with Gasteiger partial charge in [-0.2, -0.15) is 0 Å². The molecule has 0 spiro atoms. The number of carbonyl (C=O) groups is 1. The van der Waals surface area contributed by atoms with Gasteiger partial charge in [0.25, 0.3) is 5.91 Å². The third-order valence-corrected chi connectivity index (χ3v) is 3.19. The van der Waals surface area contributed by atoms with E-state index in [4.69, 9.17) is 16.3 Å². The van der Waals surface area contributed by atoms with Crippen LogP contribution in [-0.4, -0.2) is 42.9 Å². The fourth-order valence-electron chi connectivity index (χ4n) is 1.49. The molecule has 1 rings (SSSR count). The first kappa shape index (κ1) is 15.4. The van der Waals surface area contributed by atoms with Gasteiger partial charge in [0.05, 0.1) is 22.0 Å². The monoisotopic (exact) mass is 337 g/mol. The van der Waals surface area contributed by atoms with Gasteiger partial charge in [0.2, 0.25) is 0 Å². The van der Waals surface area contributed by atoms with Gasteiger partial charge < -0.3 is 9.64 Å². The maximum atomic E-state index is 13.7. The first-order valence-corrected chi connectivity index (χ1v) is 6.59. The molecule has 0 aromatic heterocycles. The van der Waals surface area contributed by atoms with Crippen molar-refractivity contribution in [3.8, 4) is 0 Å². The van der Waals surface area contributed by atoms with Crippen molar-refractivity contribution in [2.45, 2.75) is 4.83 Å². The van der Waals surface area contributed by atoms with E-state index < -0.39 is 11.7 Å². The zero-order valence-electron chi connectivity index (χ0n) is 10.1. The van der Waals surface area contributed by atoms with Gasteiger partial charge in [-0.1, -0.05) is 33.6 Å². The number of amides is 1. The molecule has 1 amide bonds. The van der Waals surface area contributed by atoms with Crippen molar-refractivity contribution in [2.75, 3.05) is 27.3 Å². The molecule has 0 saturated heterocycles. The predicted molar refractivity (Wildman–Crippen MR) is 73.0 cm³/mol. The summed E-state index contributed by atoms with van der Waals surface area (Å²) in [6.45, 7) is 0.883. The summed E-state index contributed by atoms with van der Waals surface area (Å²) in [5.41, 5.74) is -0.0258. The molecule has 0 aliphatic heterocycles. The van der Waals surface area contributed by atoms with E-state index in [-0.39, 0.29) is 15.4 Å². The Morgan fingerprint density at radius 1 is 1.61 bits per heavy atom. The minimum Gasteiger partial charge on any atom is -0.383 e. The van der Waals surface area contributed by atoms with Crippen molar-refractivity contribution < 1.29 is 13.9 Å². The predicted octanol–water partition coefficient (Wildman–Crippen LogP) is 2.96.